The van der Waals surface area contributed by atoms with E-state index in [9.17, 15) is 24.0 Å². The van der Waals surface area contributed by atoms with Crippen LogP contribution >= 0.6 is 0 Å². The van der Waals surface area contributed by atoms with Crippen LogP contribution in [0.4, 0.5) is 0 Å². The quantitative estimate of drug-likeness (QED) is 0.175. The summed E-state index contributed by atoms with van der Waals surface area (Å²) in [6.07, 6.45) is -7.86. The van der Waals surface area contributed by atoms with Gasteiger partial charge in [0.25, 0.3) is 0 Å². The number of rotatable bonds is 10. The van der Waals surface area contributed by atoms with Gasteiger partial charge in [0.2, 0.25) is 12.4 Å². The highest BCUT2D eigenvalue weighted by molar-refractivity contribution is 5.92. The largest absolute Gasteiger partial charge is 0.463 e. The third-order valence-corrected chi connectivity index (χ3v) is 7.03. The summed E-state index contributed by atoms with van der Waals surface area (Å²) in [7, 11) is 0. The maximum atomic E-state index is 13.5. The minimum Gasteiger partial charge on any atom is -0.463 e. The molecule has 5 atom stereocenters. The van der Waals surface area contributed by atoms with Gasteiger partial charge in [0.05, 0.1) is 22.3 Å². The van der Waals surface area contributed by atoms with Crippen LogP contribution < -0.4 is 0 Å². The molecule has 1 aliphatic heterocycles. The van der Waals surface area contributed by atoms with Gasteiger partial charge in [-0.2, -0.15) is 0 Å². The molecule has 1 heterocycles. The number of benzene rings is 4. The zero-order valence-corrected chi connectivity index (χ0v) is 25.1. The van der Waals surface area contributed by atoms with E-state index in [-0.39, 0.29) is 22.3 Å². The van der Waals surface area contributed by atoms with Crippen molar-refractivity contribution in [2.24, 2.45) is 0 Å². The Morgan fingerprint density at radius 3 is 1.21 bits per heavy atom. The molecular formula is C36H30O11. The van der Waals surface area contributed by atoms with E-state index in [0.717, 1.165) is 6.92 Å². The first-order valence-electron chi connectivity index (χ1n) is 14.6. The molecule has 0 bridgehead atoms. The molecule has 0 saturated carbocycles. The standard InChI is InChI=1S/C36H30O11/c1-23(37)42-22-28-29(44-32(38)24-14-6-2-7-15-24)30(45-33(39)25-16-8-3-9-17-25)31(46-34(40)26-18-10-4-11-19-26)36(43-28)47-35(41)27-20-12-5-13-21-27/h2-21,28-31,36H,22H2,1H3/t28-,29-,30+,31-,36?/m1/s1. The first-order chi connectivity index (χ1) is 22.8. The fourth-order valence-electron chi connectivity index (χ4n) is 4.75. The maximum Gasteiger partial charge on any atom is 0.340 e. The minimum absolute atomic E-state index is 0.133. The van der Waals surface area contributed by atoms with Gasteiger partial charge in [0.15, 0.2) is 12.2 Å². The van der Waals surface area contributed by atoms with Gasteiger partial charge >= 0.3 is 29.8 Å². The van der Waals surface area contributed by atoms with Crippen LogP contribution in [0, 0.1) is 0 Å². The Bertz CT molecular complexity index is 1680. The second kappa shape index (κ2) is 15.5. The van der Waals surface area contributed by atoms with Gasteiger partial charge in [-0.05, 0) is 48.5 Å². The number of hydrogen-bond acceptors (Lipinski definition) is 11. The summed E-state index contributed by atoms with van der Waals surface area (Å²) in [4.78, 5) is 65.4. The van der Waals surface area contributed by atoms with E-state index in [1.165, 1.54) is 48.5 Å². The SMILES string of the molecule is CC(=O)OC[C@H]1OC(OC(=O)c2ccccc2)[C@H](OC(=O)c2ccccc2)[C@@H](OC(=O)c2ccccc2)[C@@H]1OC(=O)c1ccccc1. The monoisotopic (exact) mass is 638 g/mol. The maximum absolute atomic E-state index is 13.5. The van der Waals surface area contributed by atoms with Crippen LogP contribution in [0.5, 0.6) is 0 Å². The zero-order chi connectivity index (χ0) is 33.2. The number of carbonyl (C=O) groups excluding carboxylic acids is 5. The second-order valence-electron chi connectivity index (χ2n) is 10.3. The van der Waals surface area contributed by atoms with E-state index < -0.39 is 67.2 Å². The Hall–Kier alpha value is -5.81. The molecule has 0 aromatic heterocycles. The van der Waals surface area contributed by atoms with Crippen LogP contribution in [0.2, 0.25) is 0 Å². The predicted octanol–water partition coefficient (Wildman–Crippen LogP) is 4.81. The molecule has 240 valence electrons. The topological polar surface area (TPSA) is 141 Å². The van der Waals surface area contributed by atoms with Gasteiger partial charge in [-0.1, -0.05) is 72.8 Å². The van der Waals surface area contributed by atoms with Crippen LogP contribution in [0.25, 0.3) is 0 Å². The highest BCUT2D eigenvalue weighted by atomic mass is 16.7. The third-order valence-electron chi connectivity index (χ3n) is 7.03. The van der Waals surface area contributed by atoms with E-state index in [0.29, 0.717) is 0 Å². The smallest absolute Gasteiger partial charge is 0.340 e. The van der Waals surface area contributed by atoms with E-state index in [2.05, 4.69) is 0 Å². The highest BCUT2D eigenvalue weighted by Gasteiger charge is 2.54. The van der Waals surface area contributed by atoms with Gasteiger partial charge in [-0.15, -0.1) is 0 Å². The van der Waals surface area contributed by atoms with Crippen LogP contribution in [-0.4, -0.2) is 67.2 Å². The van der Waals surface area contributed by atoms with Crippen LogP contribution in [0.15, 0.2) is 121 Å². The average Bonchev–Trinajstić information content (AvgIpc) is 3.11. The Balaban J connectivity index is 1.57. The first-order valence-corrected chi connectivity index (χ1v) is 14.6. The van der Waals surface area contributed by atoms with Crippen molar-refractivity contribution in [3.63, 3.8) is 0 Å². The summed E-state index contributed by atoms with van der Waals surface area (Å²) in [5.41, 5.74) is 0.571. The van der Waals surface area contributed by atoms with Crippen molar-refractivity contribution in [2.45, 2.75) is 37.6 Å². The Labute approximate surface area is 269 Å². The summed E-state index contributed by atoms with van der Waals surface area (Å²) in [6.45, 7) is 0.665. The lowest BCUT2D eigenvalue weighted by molar-refractivity contribution is -0.283. The zero-order valence-electron chi connectivity index (χ0n) is 25.1. The van der Waals surface area contributed by atoms with Crippen molar-refractivity contribution < 1.29 is 52.4 Å². The van der Waals surface area contributed by atoms with Crippen molar-refractivity contribution in [3.8, 4) is 0 Å². The van der Waals surface area contributed by atoms with Crippen molar-refractivity contribution in [1.29, 1.82) is 0 Å². The number of ether oxygens (including phenoxy) is 6. The lowest BCUT2D eigenvalue weighted by atomic mass is 9.97. The molecule has 1 unspecified atom stereocenters. The van der Waals surface area contributed by atoms with Crippen molar-refractivity contribution >= 4 is 29.8 Å². The van der Waals surface area contributed by atoms with Gasteiger partial charge in [0, 0.05) is 6.92 Å². The summed E-state index contributed by atoms with van der Waals surface area (Å²) in [5, 5.41) is 0. The third kappa shape index (κ3) is 8.47. The fourth-order valence-corrected chi connectivity index (χ4v) is 4.75. The van der Waals surface area contributed by atoms with E-state index >= 15 is 0 Å². The van der Waals surface area contributed by atoms with E-state index in [1.807, 2.05) is 0 Å². The summed E-state index contributed by atoms with van der Waals surface area (Å²) < 4.78 is 34.6. The molecule has 4 aromatic rings. The lowest BCUT2D eigenvalue weighted by Gasteiger charge is -2.43. The summed E-state index contributed by atoms with van der Waals surface area (Å²) in [6, 6.07) is 31.8. The molecule has 0 amide bonds. The average molecular weight is 639 g/mol. The lowest BCUT2D eigenvalue weighted by Crippen LogP contribution is -2.63. The van der Waals surface area contributed by atoms with Gasteiger partial charge in [0.1, 0.15) is 12.7 Å². The Kier molecular flexibility index (Phi) is 10.7. The first kappa shape index (κ1) is 32.6. The molecular weight excluding hydrogens is 608 g/mol. The van der Waals surface area contributed by atoms with Crippen molar-refractivity contribution in [1.82, 2.24) is 0 Å². The fraction of sp³-hybridized carbons (Fsp3) is 0.194. The second-order valence-corrected chi connectivity index (χ2v) is 10.3. The number of carbonyl (C=O) groups is 5. The highest BCUT2D eigenvalue weighted by Crippen LogP contribution is 2.32. The van der Waals surface area contributed by atoms with Crippen molar-refractivity contribution in [3.05, 3.63) is 144 Å². The van der Waals surface area contributed by atoms with Crippen molar-refractivity contribution in [2.75, 3.05) is 6.61 Å². The molecule has 1 fully saturated rings. The molecule has 4 aromatic carbocycles. The molecule has 0 aliphatic carbocycles. The molecule has 1 aliphatic rings. The van der Waals surface area contributed by atoms with E-state index in [1.54, 1.807) is 72.8 Å². The summed E-state index contributed by atoms with van der Waals surface area (Å²) in [5.74, 6) is -4.10. The Morgan fingerprint density at radius 2 is 0.830 bits per heavy atom. The normalized spacial score (nSPS) is 20.2. The number of hydrogen-bond donors (Lipinski definition) is 0. The minimum atomic E-state index is -1.71. The van der Waals surface area contributed by atoms with Gasteiger partial charge in [-0.25, -0.2) is 19.2 Å². The van der Waals surface area contributed by atoms with Crippen LogP contribution in [0.3, 0.4) is 0 Å². The molecule has 11 nitrogen and oxygen atoms in total. The van der Waals surface area contributed by atoms with Crippen LogP contribution in [0.1, 0.15) is 48.4 Å². The molecule has 47 heavy (non-hydrogen) atoms. The van der Waals surface area contributed by atoms with Crippen LogP contribution in [-0.2, 0) is 33.2 Å². The molecule has 5 rings (SSSR count). The number of esters is 5. The molecule has 0 spiro atoms. The molecule has 0 N–H and O–H groups in total. The Morgan fingerprint density at radius 1 is 0.489 bits per heavy atom. The predicted molar refractivity (Wildman–Crippen MR) is 164 cm³/mol. The van der Waals surface area contributed by atoms with Gasteiger partial charge in [-0.3, -0.25) is 4.79 Å². The molecule has 0 radical (unpaired) electrons. The van der Waals surface area contributed by atoms with E-state index in [4.69, 9.17) is 28.4 Å². The molecule has 11 heteroatoms. The van der Waals surface area contributed by atoms with Gasteiger partial charge < -0.3 is 28.4 Å². The molecule has 1 saturated heterocycles. The summed E-state index contributed by atoms with van der Waals surface area (Å²) >= 11 is 0.